The van der Waals surface area contributed by atoms with E-state index in [1.165, 1.54) is 4.68 Å². The smallest absolute Gasteiger partial charge is 0.305 e. The Bertz CT molecular complexity index is 1350. The van der Waals surface area contributed by atoms with E-state index in [2.05, 4.69) is 15.4 Å². The highest BCUT2D eigenvalue weighted by molar-refractivity contribution is 6.30. The van der Waals surface area contributed by atoms with Gasteiger partial charge >= 0.3 is 5.97 Å². The minimum Gasteiger partial charge on any atom is -0.481 e. The average molecular weight is 463 g/mol. The molecule has 33 heavy (non-hydrogen) atoms. The van der Waals surface area contributed by atoms with Crippen LogP contribution in [0.1, 0.15) is 28.5 Å². The Kier molecular flexibility index (Phi) is 6.37. The lowest BCUT2D eigenvalue weighted by Gasteiger charge is -2.17. The summed E-state index contributed by atoms with van der Waals surface area (Å²) in [6, 6.07) is 19.6. The molecule has 0 aliphatic rings. The van der Waals surface area contributed by atoms with Crippen LogP contribution < -0.4 is 10.9 Å². The number of rotatable bonds is 7. The Morgan fingerprint density at radius 1 is 1.06 bits per heavy atom. The molecule has 4 aromatic rings. The standard InChI is InChI=1S/C24H19ClN4O4/c25-17-4-3-5-18(12-17)29-22(30)13-21(28-29)24(33)27-20(14-23(31)32)16-9-7-15(8-10-16)19-6-1-2-11-26-19/h1-13,20,28H,14H2,(H,27,33)(H,31,32). The molecule has 9 heteroatoms. The van der Waals surface area contributed by atoms with Crippen molar-refractivity contribution in [3.05, 3.63) is 106 Å². The fourth-order valence-corrected chi connectivity index (χ4v) is 3.59. The van der Waals surface area contributed by atoms with Gasteiger partial charge in [0.15, 0.2) is 0 Å². The highest BCUT2D eigenvalue weighted by Gasteiger charge is 2.21. The number of H-pyrrole nitrogens is 1. The summed E-state index contributed by atoms with van der Waals surface area (Å²) >= 11 is 5.98. The number of carbonyl (C=O) groups excluding carboxylic acids is 1. The van der Waals surface area contributed by atoms with E-state index in [4.69, 9.17) is 11.6 Å². The van der Waals surface area contributed by atoms with Gasteiger partial charge in [-0.05, 0) is 35.9 Å². The molecule has 1 amide bonds. The van der Waals surface area contributed by atoms with E-state index in [0.29, 0.717) is 16.3 Å². The van der Waals surface area contributed by atoms with Gasteiger partial charge in [0.05, 0.1) is 23.8 Å². The topological polar surface area (TPSA) is 117 Å². The molecule has 0 saturated carbocycles. The van der Waals surface area contributed by atoms with Crippen molar-refractivity contribution in [2.45, 2.75) is 12.5 Å². The highest BCUT2D eigenvalue weighted by atomic mass is 35.5. The number of aromatic nitrogens is 3. The number of nitrogens with zero attached hydrogens (tertiary/aromatic N) is 2. The Morgan fingerprint density at radius 3 is 2.52 bits per heavy atom. The molecule has 2 aromatic carbocycles. The minimum atomic E-state index is -1.07. The van der Waals surface area contributed by atoms with Crippen molar-refractivity contribution in [2.24, 2.45) is 0 Å². The van der Waals surface area contributed by atoms with Gasteiger partial charge in [-0.2, -0.15) is 0 Å². The van der Waals surface area contributed by atoms with Crippen LogP contribution in [0, 0.1) is 0 Å². The molecule has 2 aromatic heterocycles. The SMILES string of the molecule is O=C(O)CC(NC(=O)c1cc(=O)n(-c2cccc(Cl)c2)[nH]1)c1ccc(-c2ccccn2)cc1. The largest absolute Gasteiger partial charge is 0.481 e. The molecule has 0 spiro atoms. The molecule has 8 nitrogen and oxygen atoms in total. The van der Waals surface area contributed by atoms with E-state index in [9.17, 15) is 19.5 Å². The fourth-order valence-electron chi connectivity index (χ4n) is 3.40. The third-order valence-corrected chi connectivity index (χ3v) is 5.22. The molecule has 0 radical (unpaired) electrons. The molecule has 0 aliphatic heterocycles. The van der Waals surface area contributed by atoms with E-state index in [0.717, 1.165) is 17.3 Å². The van der Waals surface area contributed by atoms with Crippen molar-refractivity contribution in [1.82, 2.24) is 20.1 Å². The van der Waals surface area contributed by atoms with Crippen LogP contribution in [0.5, 0.6) is 0 Å². The zero-order valence-corrected chi connectivity index (χ0v) is 18.0. The monoisotopic (exact) mass is 462 g/mol. The van der Waals surface area contributed by atoms with Crippen LogP contribution in [0.3, 0.4) is 0 Å². The molecule has 2 heterocycles. The van der Waals surface area contributed by atoms with Crippen LogP contribution in [-0.2, 0) is 4.79 Å². The van der Waals surface area contributed by atoms with Gasteiger partial charge in [-0.3, -0.25) is 24.5 Å². The fraction of sp³-hybridized carbons (Fsp3) is 0.0833. The molecular formula is C24H19ClN4O4. The predicted octanol–water partition coefficient (Wildman–Crippen LogP) is 3.83. The minimum absolute atomic E-state index is 0.000435. The van der Waals surface area contributed by atoms with Crippen molar-refractivity contribution >= 4 is 23.5 Å². The van der Waals surface area contributed by atoms with E-state index in [-0.39, 0.29) is 12.1 Å². The molecule has 166 valence electrons. The molecule has 0 bridgehead atoms. The van der Waals surface area contributed by atoms with Gasteiger partial charge in [-0.25, -0.2) is 4.68 Å². The van der Waals surface area contributed by atoms with Gasteiger partial charge in [0.2, 0.25) is 0 Å². The number of halogens is 1. The van der Waals surface area contributed by atoms with Crippen LogP contribution in [-0.4, -0.2) is 31.7 Å². The number of hydrogen-bond donors (Lipinski definition) is 3. The number of carbonyl (C=O) groups is 2. The van der Waals surface area contributed by atoms with Crippen LogP contribution in [0.15, 0.2) is 83.8 Å². The summed E-state index contributed by atoms with van der Waals surface area (Å²) in [5.74, 6) is -1.67. The Morgan fingerprint density at radius 2 is 1.85 bits per heavy atom. The second kappa shape index (κ2) is 9.54. The Hall–Kier alpha value is -4.17. The van der Waals surface area contributed by atoms with Crippen molar-refractivity contribution in [2.75, 3.05) is 0 Å². The maximum absolute atomic E-state index is 12.8. The molecular weight excluding hydrogens is 444 g/mol. The maximum atomic E-state index is 12.8. The van der Waals surface area contributed by atoms with Gasteiger partial charge in [0, 0.05) is 22.8 Å². The number of aliphatic carboxylic acids is 1. The summed E-state index contributed by atoms with van der Waals surface area (Å²) in [5, 5.41) is 15.2. The van der Waals surface area contributed by atoms with Crippen LogP contribution in [0.2, 0.25) is 5.02 Å². The molecule has 3 N–H and O–H groups in total. The number of carboxylic acids is 1. The van der Waals surface area contributed by atoms with Gasteiger partial charge in [0.25, 0.3) is 11.5 Å². The molecule has 1 atom stereocenters. The molecule has 0 saturated heterocycles. The number of pyridine rings is 1. The lowest BCUT2D eigenvalue weighted by atomic mass is 10.0. The van der Waals surface area contributed by atoms with E-state index in [1.54, 1.807) is 42.6 Å². The number of hydrogen-bond acceptors (Lipinski definition) is 4. The first kappa shape index (κ1) is 22.0. The predicted molar refractivity (Wildman–Crippen MR) is 124 cm³/mol. The van der Waals surface area contributed by atoms with Gasteiger partial charge in [0.1, 0.15) is 5.69 Å². The van der Waals surface area contributed by atoms with Crippen molar-refractivity contribution in [1.29, 1.82) is 0 Å². The number of aromatic amines is 1. The number of nitrogens with one attached hydrogen (secondary N) is 2. The summed E-state index contributed by atoms with van der Waals surface area (Å²) in [5.41, 5.74) is 2.28. The second-order valence-corrected chi connectivity index (χ2v) is 7.72. The van der Waals surface area contributed by atoms with Gasteiger partial charge < -0.3 is 10.4 Å². The molecule has 1 unspecified atom stereocenters. The number of benzene rings is 2. The molecule has 0 aliphatic carbocycles. The first-order chi connectivity index (χ1) is 15.9. The van der Waals surface area contributed by atoms with Gasteiger partial charge in [-0.15, -0.1) is 0 Å². The number of amides is 1. The normalized spacial score (nSPS) is 11.7. The van der Waals surface area contributed by atoms with Crippen LogP contribution in [0.25, 0.3) is 16.9 Å². The third-order valence-electron chi connectivity index (χ3n) is 4.99. The van der Waals surface area contributed by atoms with Crippen molar-refractivity contribution in [3.8, 4) is 16.9 Å². The first-order valence-electron chi connectivity index (χ1n) is 10.0. The van der Waals surface area contributed by atoms with E-state index >= 15 is 0 Å². The highest BCUT2D eigenvalue weighted by Crippen LogP contribution is 2.22. The van der Waals surface area contributed by atoms with Crippen molar-refractivity contribution in [3.63, 3.8) is 0 Å². The lowest BCUT2D eigenvalue weighted by molar-refractivity contribution is -0.137. The summed E-state index contributed by atoms with van der Waals surface area (Å²) in [6.45, 7) is 0. The molecule has 4 rings (SSSR count). The van der Waals surface area contributed by atoms with E-state index in [1.807, 2.05) is 30.3 Å². The Balaban J connectivity index is 1.57. The number of carboxylic acid groups (broad SMARTS) is 1. The van der Waals surface area contributed by atoms with Crippen molar-refractivity contribution < 1.29 is 14.7 Å². The summed E-state index contributed by atoms with van der Waals surface area (Å²) < 4.78 is 1.19. The zero-order valence-electron chi connectivity index (χ0n) is 17.2. The third kappa shape index (κ3) is 5.19. The van der Waals surface area contributed by atoms with Gasteiger partial charge in [-0.1, -0.05) is 48.0 Å². The second-order valence-electron chi connectivity index (χ2n) is 7.28. The first-order valence-corrected chi connectivity index (χ1v) is 10.4. The summed E-state index contributed by atoms with van der Waals surface area (Å²) in [7, 11) is 0. The zero-order chi connectivity index (χ0) is 23.4. The Labute approximate surface area is 193 Å². The van der Waals surface area contributed by atoms with E-state index < -0.39 is 23.5 Å². The maximum Gasteiger partial charge on any atom is 0.305 e. The van der Waals surface area contributed by atoms with Crippen LogP contribution in [0.4, 0.5) is 0 Å². The quantitative estimate of drug-likeness (QED) is 0.386. The average Bonchev–Trinajstić information content (AvgIpc) is 3.21. The summed E-state index contributed by atoms with van der Waals surface area (Å²) in [4.78, 5) is 40.9. The van der Waals surface area contributed by atoms with Crippen LogP contribution >= 0.6 is 11.6 Å². The molecule has 0 fully saturated rings. The lowest BCUT2D eigenvalue weighted by Crippen LogP contribution is -2.30. The summed E-state index contributed by atoms with van der Waals surface area (Å²) in [6.07, 6.45) is 1.36.